The van der Waals surface area contributed by atoms with Crippen LogP contribution in [0.25, 0.3) is 0 Å². The van der Waals surface area contributed by atoms with Gasteiger partial charge < -0.3 is 10.8 Å². The van der Waals surface area contributed by atoms with Crippen LogP contribution in [0.4, 0.5) is 0 Å². The Morgan fingerprint density at radius 3 is 2.71 bits per heavy atom. The van der Waals surface area contributed by atoms with Crippen LogP contribution in [-0.2, 0) is 0 Å². The molecule has 14 heavy (non-hydrogen) atoms. The summed E-state index contributed by atoms with van der Waals surface area (Å²) < 4.78 is 0. The molecule has 1 aliphatic carbocycles. The van der Waals surface area contributed by atoms with Crippen LogP contribution >= 0.6 is 0 Å². The number of rotatable bonds is 3. The Morgan fingerprint density at radius 2 is 2.14 bits per heavy atom. The van der Waals surface area contributed by atoms with E-state index in [0.29, 0.717) is 5.92 Å². The van der Waals surface area contributed by atoms with Crippen molar-refractivity contribution in [3.63, 3.8) is 0 Å². The molecule has 0 aromatic carbocycles. The van der Waals surface area contributed by atoms with Crippen molar-refractivity contribution in [1.82, 2.24) is 4.90 Å². The number of piperidine rings is 1. The van der Waals surface area contributed by atoms with Crippen molar-refractivity contribution in [2.45, 2.75) is 50.8 Å². The normalized spacial score (nSPS) is 37.1. The molecule has 3 atom stereocenters. The molecule has 3 heteroatoms. The second kappa shape index (κ2) is 4.17. The lowest BCUT2D eigenvalue weighted by molar-refractivity contribution is 0.0386. The summed E-state index contributed by atoms with van der Waals surface area (Å²) in [6, 6.07) is 1.06. The van der Waals surface area contributed by atoms with E-state index < -0.39 is 0 Å². The van der Waals surface area contributed by atoms with Gasteiger partial charge in [0.25, 0.3) is 0 Å². The highest BCUT2D eigenvalue weighted by atomic mass is 16.3. The molecule has 0 spiro atoms. The van der Waals surface area contributed by atoms with Crippen LogP contribution in [0.5, 0.6) is 0 Å². The molecule has 0 radical (unpaired) electrons. The highest BCUT2D eigenvalue weighted by Gasteiger charge is 2.36. The fourth-order valence-corrected chi connectivity index (χ4v) is 2.56. The summed E-state index contributed by atoms with van der Waals surface area (Å²) >= 11 is 0. The number of nitrogens with zero attached hydrogens (tertiary/aromatic N) is 1. The zero-order chi connectivity index (χ0) is 10.1. The van der Waals surface area contributed by atoms with Crippen LogP contribution in [0.2, 0.25) is 0 Å². The van der Waals surface area contributed by atoms with Gasteiger partial charge in [-0.2, -0.15) is 0 Å². The summed E-state index contributed by atoms with van der Waals surface area (Å²) in [6.45, 7) is 4.15. The van der Waals surface area contributed by atoms with E-state index in [1.807, 2.05) is 6.92 Å². The summed E-state index contributed by atoms with van der Waals surface area (Å²) in [5.74, 6) is 0.407. The summed E-state index contributed by atoms with van der Waals surface area (Å²) in [5.41, 5.74) is 6.02. The van der Waals surface area contributed by atoms with Crippen molar-refractivity contribution < 1.29 is 5.11 Å². The summed E-state index contributed by atoms with van der Waals surface area (Å²) in [6.07, 6.45) is 4.37. The maximum absolute atomic E-state index is 9.84. The molecule has 2 rings (SSSR count). The van der Waals surface area contributed by atoms with E-state index >= 15 is 0 Å². The maximum Gasteiger partial charge on any atom is 0.0578 e. The number of aliphatic hydroxyl groups excluding tert-OH is 1. The Morgan fingerprint density at radius 1 is 1.43 bits per heavy atom. The SMILES string of the molecule is CCC(O)C1CC(N)CN(C2CC2)C1. The van der Waals surface area contributed by atoms with Crippen LogP contribution in [0.1, 0.15) is 32.6 Å². The summed E-state index contributed by atoms with van der Waals surface area (Å²) in [4.78, 5) is 2.48. The zero-order valence-corrected chi connectivity index (χ0v) is 9.02. The van der Waals surface area contributed by atoms with Gasteiger partial charge in [-0.15, -0.1) is 0 Å². The Balaban J connectivity index is 1.91. The first-order valence-corrected chi connectivity index (χ1v) is 5.88. The topological polar surface area (TPSA) is 49.5 Å². The van der Waals surface area contributed by atoms with Gasteiger partial charge in [0.2, 0.25) is 0 Å². The minimum absolute atomic E-state index is 0.150. The molecule has 0 bridgehead atoms. The number of hydrogen-bond acceptors (Lipinski definition) is 3. The Hall–Kier alpha value is -0.120. The summed E-state index contributed by atoms with van der Waals surface area (Å²) in [7, 11) is 0. The average molecular weight is 198 g/mol. The quantitative estimate of drug-likeness (QED) is 0.697. The van der Waals surface area contributed by atoms with E-state index in [9.17, 15) is 5.11 Å². The third-order valence-electron chi connectivity index (χ3n) is 3.57. The van der Waals surface area contributed by atoms with Crippen molar-refractivity contribution >= 4 is 0 Å². The van der Waals surface area contributed by atoms with Gasteiger partial charge in [-0.3, -0.25) is 4.90 Å². The maximum atomic E-state index is 9.84. The van der Waals surface area contributed by atoms with Crippen LogP contribution in [-0.4, -0.2) is 41.3 Å². The van der Waals surface area contributed by atoms with Gasteiger partial charge in [-0.25, -0.2) is 0 Å². The van der Waals surface area contributed by atoms with Crippen molar-refractivity contribution in [3.05, 3.63) is 0 Å². The molecule has 0 amide bonds. The van der Waals surface area contributed by atoms with Crippen molar-refractivity contribution in [2.24, 2.45) is 11.7 Å². The number of hydrogen-bond donors (Lipinski definition) is 2. The van der Waals surface area contributed by atoms with E-state index in [4.69, 9.17) is 5.73 Å². The Bertz CT molecular complexity index is 194. The van der Waals surface area contributed by atoms with Gasteiger partial charge in [0.1, 0.15) is 0 Å². The first-order valence-electron chi connectivity index (χ1n) is 5.88. The highest BCUT2D eigenvalue weighted by molar-refractivity contribution is 4.92. The Labute approximate surface area is 86.3 Å². The minimum atomic E-state index is -0.150. The molecule has 1 saturated heterocycles. The zero-order valence-electron chi connectivity index (χ0n) is 9.02. The lowest BCUT2D eigenvalue weighted by atomic mass is 9.89. The van der Waals surface area contributed by atoms with Gasteiger partial charge in [-0.05, 0) is 31.6 Å². The van der Waals surface area contributed by atoms with E-state index in [0.717, 1.165) is 32.0 Å². The molecular weight excluding hydrogens is 176 g/mol. The molecule has 2 aliphatic rings. The van der Waals surface area contributed by atoms with Crippen molar-refractivity contribution in [1.29, 1.82) is 0 Å². The molecule has 0 aromatic heterocycles. The van der Waals surface area contributed by atoms with E-state index in [1.54, 1.807) is 0 Å². The van der Waals surface area contributed by atoms with Crippen molar-refractivity contribution in [2.75, 3.05) is 13.1 Å². The molecule has 1 saturated carbocycles. The average Bonchev–Trinajstić information content (AvgIpc) is 2.98. The second-order valence-corrected chi connectivity index (χ2v) is 4.92. The number of aliphatic hydroxyl groups is 1. The predicted molar refractivity (Wildman–Crippen MR) is 57.0 cm³/mol. The molecule has 1 aliphatic heterocycles. The lowest BCUT2D eigenvalue weighted by Crippen LogP contribution is -2.50. The standard InChI is InChI=1S/C11H22N2O/c1-2-11(14)8-5-9(12)7-13(6-8)10-3-4-10/h8-11,14H,2-7,12H2,1H3. The third kappa shape index (κ3) is 2.27. The van der Waals surface area contributed by atoms with E-state index in [1.165, 1.54) is 12.8 Å². The van der Waals surface area contributed by atoms with Crippen LogP contribution in [0.3, 0.4) is 0 Å². The molecule has 3 N–H and O–H groups in total. The second-order valence-electron chi connectivity index (χ2n) is 4.92. The van der Waals surface area contributed by atoms with Gasteiger partial charge >= 0.3 is 0 Å². The van der Waals surface area contributed by atoms with Gasteiger partial charge in [0.15, 0.2) is 0 Å². The summed E-state index contributed by atoms with van der Waals surface area (Å²) in [5, 5.41) is 9.84. The molecule has 82 valence electrons. The number of nitrogens with two attached hydrogens (primary N) is 1. The van der Waals surface area contributed by atoms with Gasteiger partial charge in [-0.1, -0.05) is 6.92 Å². The lowest BCUT2D eigenvalue weighted by Gasteiger charge is -2.38. The monoisotopic (exact) mass is 198 g/mol. The molecular formula is C11H22N2O. The van der Waals surface area contributed by atoms with Gasteiger partial charge in [0, 0.05) is 25.2 Å². The van der Waals surface area contributed by atoms with Gasteiger partial charge in [0.05, 0.1) is 6.10 Å². The molecule has 2 fully saturated rings. The molecule has 3 unspecified atom stereocenters. The number of likely N-dealkylation sites (tertiary alicyclic amines) is 1. The third-order valence-corrected chi connectivity index (χ3v) is 3.57. The van der Waals surface area contributed by atoms with Crippen molar-refractivity contribution in [3.8, 4) is 0 Å². The van der Waals surface area contributed by atoms with Crippen LogP contribution < -0.4 is 5.73 Å². The molecule has 1 heterocycles. The highest BCUT2D eigenvalue weighted by Crippen LogP contribution is 2.31. The first-order chi connectivity index (χ1) is 6.70. The minimum Gasteiger partial charge on any atom is -0.393 e. The fraction of sp³-hybridized carbons (Fsp3) is 1.00. The van der Waals surface area contributed by atoms with E-state index in [2.05, 4.69) is 4.90 Å². The molecule has 3 nitrogen and oxygen atoms in total. The predicted octanol–water partition coefficient (Wildman–Crippen LogP) is 0.569. The Kier molecular flexibility index (Phi) is 3.10. The van der Waals surface area contributed by atoms with Crippen LogP contribution in [0.15, 0.2) is 0 Å². The largest absolute Gasteiger partial charge is 0.393 e. The van der Waals surface area contributed by atoms with Crippen LogP contribution in [0, 0.1) is 5.92 Å². The first kappa shape index (κ1) is 10.4. The molecule has 0 aromatic rings. The smallest absolute Gasteiger partial charge is 0.0578 e. The van der Waals surface area contributed by atoms with E-state index in [-0.39, 0.29) is 12.1 Å². The fourth-order valence-electron chi connectivity index (χ4n) is 2.56.